The number of aromatic nitrogens is 2. The Balaban J connectivity index is 1.10. The molecule has 0 radical (unpaired) electrons. The highest BCUT2D eigenvalue weighted by Crippen LogP contribution is 2.23. The van der Waals surface area contributed by atoms with Gasteiger partial charge in [-0.15, -0.1) is 0 Å². The fraction of sp³-hybridized carbons (Fsp3) is 0.194. The maximum absolute atomic E-state index is 13.0. The maximum Gasteiger partial charge on any atom is 0.272 e. The lowest BCUT2D eigenvalue weighted by Crippen LogP contribution is -2.42. The van der Waals surface area contributed by atoms with Crippen LogP contribution in [0.4, 0.5) is 5.69 Å². The van der Waals surface area contributed by atoms with Gasteiger partial charge in [-0.3, -0.25) is 14.6 Å². The van der Waals surface area contributed by atoms with Gasteiger partial charge in [0.05, 0.1) is 34.0 Å². The van der Waals surface area contributed by atoms with Crippen LogP contribution in [0.15, 0.2) is 90.1 Å². The van der Waals surface area contributed by atoms with Crippen molar-refractivity contribution in [2.75, 3.05) is 24.7 Å². The summed E-state index contributed by atoms with van der Waals surface area (Å²) in [5, 5.41) is 11.6. The van der Waals surface area contributed by atoms with Crippen LogP contribution in [0.25, 0.3) is 0 Å². The molecule has 5 rings (SSSR count). The first-order valence-corrected chi connectivity index (χ1v) is 15.2. The number of likely N-dealkylation sites (tertiary alicyclic amines) is 1. The van der Waals surface area contributed by atoms with Crippen molar-refractivity contribution in [1.82, 2.24) is 14.9 Å². The van der Waals surface area contributed by atoms with Gasteiger partial charge in [0.1, 0.15) is 23.3 Å². The number of carbonyl (C=O) groups excluding carboxylic acids is 2. The fourth-order valence-electron chi connectivity index (χ4n) is 4.39. The van der Waals surface area contributed by atoms with Crippen molar-refractivity contribution in [3.05, 3.63) is 102 Å². The van der Waals surface area contributed by atoms with E-state index in [1.807, 2.05) is 6.07 Å². The molecule has 1 fully saturated rings. The maximum atomic E-state index is 13.0. The number of ether oxygens (including phenoxy) is 2. The molecule has 0 saturated carbocycles. The Hall–Kier alpha value is -5.28. The Bertz CT molecular complexity index is 1740. The monoisotopic (exact) mass is 597 g/mol. The summed E-state index contributed by atoms with van der Waals surface area (Å²) in [6.45, 7) is 0.958. The van der Waals surface area contributed by atoms with Crippen molar-refractivity contribution in [3.8, 4) is 23.4 Å². The number of hydrogen-bond donors (Lipinski definition) is 1. The molecule has 0 bridgehead atoms. The highest BCUT2D eigenvalue weighted by Gasteiger charge is 2.25. The van der Waals surface area contributed by atoms with E-state index in [4.69, 9.17) is 14.7 Å². The van der Waals surface area contributed by atoms with Gasteiger partial charge in [-0.25, -0.2) is 13.4 Å². The van der Waals surface area contributed by atoms with E-state index in [-0.39, 0.29) is 28.2 Å². The topological polar surface area (TPSA) is 152 Å². The molecular formula is C31H27N5O6S. The summed E-state index contributed by atoms with van der Waals surface area (Å²) in [6.07, 6.45) is 5.10. The molecule has 12 heteroatoms. The van der Waals surface area contributed by atoms with Crippen LogP contribution < -0.4 is 14.8 Å². The highest BCUT2D eigenvalue weighted by molar-refractivity contribution is 7.90. The number of hydrogen-bond acceptors (Lipinski definition) is 9. The minimum Gasteiger partial charge on any atom is -0.490 e. The van der Waals surface area contributed by atoms with Gasteiger partial charge in [0.2, 0.25) is 5.88 Å². The van der Waals surface area contributed by atoms with Gasteiger partial charge in [0, 0.05) is 44.5 Å². The molecule has 3 heterocycles. The van der Waals surface area contributed by atoms with Crippen LogP contribution in [0.2, 0.25) is 0 Å². The summed E-state index contributed by atoms with van der Waals surface area (Å²) in [5.74, 6) is 0.795. The molecule has 0 spiro atoms. The van der Waals surface area contributed by atoms with Crippen LogP contribution in [-0.2, 0) is 9.84 Å². The molecule has 0 unspecified atom stereocenters. The lowest BCUT2D eigenvalue weighted by molar-refractivity contribution is 0.0589. The first-order chi connectivity index (χ1) is 20.7. The van der Waals surface area contributed by atoms with Gasteiger partial charge in [-0.1, -0.05) is 0 Å². The Morgan fingerprint density at radius 3 is 2.19 bits per heavy atom. The van der Waals surface area contributed by atoms with E-state index < -0.39 is 15.7 Å². The van der Waals surface area contributed by atoms with E-state index in [9.17, 15) is 18.0 Å². The van der Waals surface area contributed by atoms with Crippen LogP contribution in [-0.4, -0.2) is 60.5 Å². The quantitative estimate of drug-likeness (QED) is 0.310. The van der Waals surface area contributed by atoms with E-state index in [0.717, 1.165) is 6.26 Å². The van der Waals surface area contributed by atoms with Gasteiger partial charge in [0.15, 0.2) is 9.84 Å². The van der Waals surface area contributed by atoms with Crippen molar-refractivity contribution in [1.29, 1.82) is 5.26 Å². The lowest BCUT2D eigenvalue weighted by Gasteiger charge is -2.32. The van der Waals surface area contributed by atoms with E-state index >= 15 is 0 Å². The van der Waals surface area contributed by atoms with E-state index in [2.05, 4.69) is 15.3 Å². The molecule has 2 aromatic heterocycles. The minimum atomic E-state index is -3.27. The number of carbonyl (C=O) groups is 2. The third-order valence-corrected chi connectivity index (χ3v) is 7.86. The van der Waals surface area contributed by atoms with Gasteiger partial charge in [0.25, 0.3) is 11.8 Å². The Morgan fingerprint density at radius 1 is 0.907 bits per heavy atom. The smallest absolute Gasteiger partial charge is 0.272 e. The number of nitrogens with zero attached hydrogens (tertiary/aromatic N) is 4. The largest absolute Gasteiger partial charge is 0.490 e. The van der Waals surface area contributed by atoms with Gasteiger partial charge in [-0.05, 0) is 66.7 Å². The molecule has 1 aliphatic rings. The summed E-state index contributed by atoms with van der Waals surface area (Å²) >= 11 is 0. The number of sulfone groups is 1. The predicted octanol–water partition coefficient (Wildman–Crippen LogP) is 4.48. The van der Waals surface area contributed by atoms with Crippen LogP contribution >= 0.6 is 0 Å². The SMILES string of the molecule is CS(=O)(=O)c1ccc(OC2CCN(C(=O)c3ccc(C(=O)Nc4ccc(Oc5ccc(C#N)cc5)nc4)cn3)CC2)cc1. The number of amides is 2. The molecule has 1 N–H and O–H groups in total. The Labute approximate surface area is 248 Å². The normalized spacial score (nSPS) is 13.5. The van der Waals surface area contributed by atoms with Crippen molar-refractivity contribution in [3.63, 3.8) is 0 Å². The summed E-state index contributed by atoms with van der Waals surface area (Å²) < 4.78 is 34.9. The zero-order chi connectivity index (χ0) is 30.4. The molecule has 1 aliphatic heterocycles. The number of pyridine rings is 2. The second-order valence-electron chi connectivity index (χ2n) is 9.86. The fourth-order valence-corrected chi connectivity index (χ4v) is 5.02. The summed E-state index contributed by atoms with van der Waals surface area (Å²) in [4.78, 5) is 36.0. The molecule has 43 heavy (non-hydrogen) atoms. The average molecular weight is 598 g/mol. The highest BCUT2D eigenvalue weighted by atomic mass is 32.2. The Kier molecular flexibility index (Phi) is 8.64. The van der Waals surface area contributed by atoms with E-state index in [1.54, 1.807) is 59.5 Å². The van der Waals surface area contributed by atoms with E-state index in [1.165, 1.54) is 30.6 Å². The van der Waals surface area contributed by atoms with Crippen molar-refractivity contribution < 1.29 is 27.5 Å². The predicted molar refractivity (Wildman–Crippen MR) is 157 cm³/mol. The number of nitrogens with one attached hydrogen (secondary N) is 1. The second-order valence-corrected chi connectivity index (χ2v) is 11.9. The summed E-state index contributed by atoms with van der Waals surface area (Å²) in [7, 11) is -3.27. The zero-order valence-corrected chi connectivity index (χ0v) is 24.0. The molecule has 2 aromatic carbocycles. The van der Waals surface area contributed by atoms with Gasteiger partial charge in [-0.2, -0.15) is 5.26 Å². The first kappa shape index (κ1) is 29.2. The third kappa shape index (κ3) is 7.52. The molecular weight excluding hydrogens is 570 g/mol. The number of benzene rings is 2. The number of rotatable bonds is 8. The summed E-state index contributed by atoms with van der Waals surface area (Å²) in [6, 6.07) is 21.3. The Morgan fingerprint density at radius 2 is 1.60 bits per heavy atom. The molecule has 0 atom stereocenters. The van der Waals surface area contributed by atoms with Crippen LogP contribution in [0.3, 0.4) is 0 Å². The van der Waals surface area contributed by atoms with Crippen LogP contribution in [0.1, 0.15) is 39.3 Å². The molecule has 1 saturated heterocycles. The van der Waals surface area contributed by atoms with Crippen LogP contribution in [0, 0.1) is 11.3 Å². The third-order valence-electron chi connectivity index (χ3n) is 6.73. The number of piperidine rings is 1. The zero-order valence-electron chi connectivity index (χ0n) is 23.1. The van der Waals surface area contributed by atoms with Crippen molar-refractivity contribution in [2.24, 2.45) is 0 Å². The molecule has 11 nitrogen and oxygen atoms in total. The molecule has 4 aromatic rings. The first-order valence-electron chi connectivity index (χ1n) is 13.4. The molecule has 2 amide bonds. The standard InChI is InChI=1S/C31H27N5O6S/c1-43(39,40)27-10-8-24(9-11-27)41-26-14-16-36(17-15-26)31(38)28-12-4-22(19-33-28)30(37)35-23-5-13-29(34-20-23)42-25-6-2-21(18-32)3-7-25/h2-13,19-20,26H,14-17H2,1H3,(H,35,37). The number of nitriles is 1. The van der Waals surface area contributed by atoms with Gasteiger partial charge < -0.3 is 19.7 Å². The number of anilines is 1. The minimum absolute atomic E-state index is 0.0988. The molecule has 218 valence electrons. The molecule has 0 aliphatic carbocycles. The van der Waals surface area contributed by atoms with E-state index in [0.29, 0.717) is 54.6 Å². The lowest BCUT2D eigenvalue weighted by atomic mass is 10.1. The van der Waals surface area contributed by atoms with Crippen molar-refractivity contribution >= 4 is 27.3 Å². The van der Waals surface area contributed by atoms with Crippen molar-refractivity contribution in [2.45, 2.75) is 23.8 Å². The summed E-state index contributed by atoms with van der Waals surface area (Å²) in [5.41, 5.74) is 1.49. The van der Waals surface area contributed by atoms with Gasteiger partial charge >= 0.3 is 0 Å². The van der Waals surface area contributed by atoms with Crippen LogP contribution in [0.5, 0.6) is 17.4 Å². The average Bonchev–Trinajstić information content (AvgIpc) is 3.02. The second kappa shape index (κ2) is 12.7.